The Balaban J connectivity index is 1.63. The molecule has 24 heavy (non-hydrogen) atoms. The number of hydrogen-bond acceptors (Lipinski definition) is 6. The van der Waals surface area contributed by atoms with Crippen LogP contribution in [0.2, 0.25) is 0 Å². The molecule has 0 aromatic heterocycles. The lowest BCUT2D eigenvalue weighted by Crippen LogP contribution is -2.06. The molecule has 0 fully saturated rings. The van der Waals surface area contributed by atoms with Crippen LogP contribution in [0.3, 0.4) is 0 Å². The highest BCUT2D eigenvalue weighted by molar-refractivity contribution is 8.13. The van der Waals surface area contributed by atoms with Crippen molar-refractivity contribution in [3.05, 3.63) is 53.6 Å². The Kier molecular flexibility index (Phi) is 5.22. The lowest BCUT2D eigenvalue weighted by Gasteiger charge is -2.05. The number of rotatable bonds is 5. The van der Waals surface area contributed by atoms with Crippen molar-refractivity contribution in [2.24, 2.45) is 15.9 Å². The highest BCUT2D eigenvalue weighted by atomic mass is 32.2. The minimum atomic E-state index is 0.188. The molecule has 0 amide bonds. The van der Waals surface area contributed by atoms with Crippen LogP contribution in [-0.4, -0.2) is 25.3 Å². The van der Waals surface area contributed by atoms with Crippen LogP contribution in [-0.2, 0) is 5.75 Å². The van der Waals surface area contributed by atoms with Crippen molar-refractivity contribution in [2.45, 2.75) is 5.75 Å². The molecule has 2 aromatic rings. The van der Waals surface area contributed by atoms with E-state index in [-0.39, 0.29) is 6.79 Å². The fourth-order valence-corrected chi connectivity index (χ4v) is 2.75. The van der Waals surface area contributed by atoms with Crippen molar-refractivity contribution in [3.8, 4) is 17.2 Å². The van der Waals surface area contributed by atoms with Gasteiger partial charge in [0.15, 0.2) is 16.7 Å². The number of benzene rings is 2. The fourth-order valence-electron chi connectivity index (χ4n) is 2.14. The van der Waals surface area contributed by atoms with Gasteiger partial charge in [-0.05, 0) is 17.7 Å². The molecule has 0 bridgehead atoms. The van der Waals surface area contributed by atoms with E-state index < -0.39 is 0 Å². The van der Waals surface area contributed by atoms with E-state index in [9.17, 15) is 0 Å². The maximum Gasteiger partial charge on any atom is 0.231 e. The summed E-state index contributed by atoms with van der Waals surface area (Å²) in [5.41, 5.74) is 7.84. The minimum Gasteiger partial charge on any atom is -0.493 e. The monoisotopic (exact) mass is 343 g/mol. The van der Waals surface area contributed by atoms with E-state index in [4.69, 9.17) is 19.9 Å². The van der Waals surface area contributed by atoms with Gasteiger partial charge in [0.25, 0.3) is 0 Å². The molecule has 1 aliphatic rings. The van der Waals surface area contributed by atoms with Gasteiger partial charge in [0.05, 0.1) is 13.3 Å². The third-order valence-corrected chi connectivity index (χ3v) is 4.13. The zero-order chi connectivity index (χ0) is 16.8. The van der Waals surface area contributed by atoms with Gasteiger partial charge in [-0.1, -0.05) is 42.1 Å². The molecular weight excluding hydrogens is 326 g/mol. The Bertz CT molecular complexity index is 763. The number of methoxy groups -OCH3 is 1. The first-order valence-corrected chi connectivity index (χ1v) is 8.25. The zero-order valence-electron chi connectivity index (χ0n) is 13.1. The topological polar surface area (TPSA) is 78.4 Å². The largest absolute Gasteiger partial charge is 0.493 e. The maximum atomic E-state index is 5.86. The number of amidine groups is 1. The van der Waals surface area contributed by atoms with E-state index in [1.807, 2.05) is 36.4 Å². The Morgan fingerprint density at radius 2 is 2.12 bits per heavy atom. The SMILES string of the molecule is COc1cc(C=NN=C(N)SCc2ccccc2)cc2c1OCO2. The van der Waals surface area contributed by atoms with Crippen molar-refractivity contribution >= 4 is 23.1 Å². The normalized spacial score (nSPS) is 13.5. The van der Waals surface area contributed by atoms with Crippen molar-refractivity contribution in [1.82, 2.24) is 0 Å². The standard InChI is InChI=1S/C17H17N3O3S/c1-21-14-7-13(8-15-16(14)23-11-22-15)9-19-20-17(18)24-10-12-5-3-2-4-6-12/h2-9H,10-11H2,1H3,(H2,18,20). The second-order valence-corrected chi connectivity index (χ2v) is 5.91. The van der Waals surface area contributed by atoms with E-state index in [2.05, 4.69) is 10.2 Å². The molecule has 3 rings (SSSR count). The van der Waals surface area contributed by atoms with Gasteiger partial charge in [0.2, 0.25) is 12.5 Å². The van der Waals surface area contributed by atoms with Crippen LogP contribution < -0.4 is 19.9 Å². The van der Waals surface area contributed by atoms with Crippen molar-refractivity contribution in [3.63, 3.8) is 0 Å². The van der Waals surface area contributed by atoms with E-state index in [0.29, 0.717) is 22.4 Å². The van der Waals surface area contributed by atoms with Gasteiger partial charge < -0.3 is 19.9 Å². The van der Waals surface area contributed by atoms with E-state index in [0.717, 1.165) is 11.3 Å². The van der Waals surface area contributed by atoms with Crippen LogP contribution in [0.25, 0.3) is 0 Å². The second-order valence-electron chi connectivity index (χ2n) is 4.91. The van der Waals surface area contributed by atoms with Crippen molar-refractivity contribution in [2.75, 3.05) is 13.9 Å². The fraction of sp³-hybridized carbons (Fsp3) is 0.176. The second kappa shape index (κ2) is 7.74. The Morgan fingerprint density at radius 1 is 1.29 bits per heavy atom. The molecule has 1 aliphatic heterocycles. The molecule has 0 aliphatic carbocycles. The first kappa shape index (κ1) is 16.2. The number of nitrogens with zero attached hydrogens (tertiary/aromatic N) is 2. The predicted octanol–water partition coefficient (Wildman–Crippen LogP) is 3.01. The molecule has 124 valence electrons. The Labute approximate surface area is 144 Å². The van der Waals surface area contributed by atoms with Gasteiger partial charge in [0, 0.05) is 11.3 Å². The quantitative estimate of drug-likeness (QED) is 0.513. The Morgan fingerprint density at radius 3 is 2.92 bits per heavy atom. The lowest BCUT2D eigenvalue weighted by atomic mass is 10.2. The molecule has 0 saturated heterocycles. The number of nitrogens with two attached hydrogens (primary N) is 1. The summed E-state index contributed by atoms with van der Waals surface area (Å²) in [4.78, 5) is 0. The van der Waals surface area contributed by atoms with Gasteiger partial charge >= 0.3 is 0 Å². The van der Waals surface area contributed by atoms with Crippen LogP contribution in [0.5, 0.6) is 17.2 Å². The smallest absolute Gasteiger partial charge is 0.231 e. The summed E-state index contributed by atoms with van der Waals surface area (Å²) in [6.07, 6.45) is 1.60. The molecule has 0 spiro atoms. The van der Waals surface area contributed by atoms with Crippen LogP contribution in [0, 0.1) is 0 Å². The lowest BCUT2D eigenvalue weighted by molar-refractivity contribution is 0.171. The number of fused-ring (bicyclic) bond motifs is 1. The van der Waals surface area contributed by atoms with Gasteiger partial charge in [-0.25, -0.2) is 0 Å². The van der Waals surface area contributed by atoms with Gasteiger partial charge in [-0.15, -0.1) is 5.10 Å². The third kappa shape index (κ3) is 3.99. The highest BCUT2D eigenvalue weighted by Crippen LogP contribution is 2.41. The number of hydrogen-bond donors (Lipinski definition) is 1. The van der Waals surface area contributed by atoms with Crippen molar-refractivity contribution < 1.29 is 14.2 Å². The summed E-state index contributed by atoms with van der Waals surface area (Å²) in [5.74, 6) is 2.59. The van der Waals surface area contributed by atoms with Crippen LogP contribution in [0.4, 0.5) is 0 Å². The van der Waals surface area contributed by atoms with E-state index >= 15 is 0 Å². The summed E-state index contributed by atoms with van der Waals surface area (Å²) >= 11 is 1.44. The molecule has 0 atom stereocenters. The number of thioether (sulfide) groups is 1. The maximum absolute atomic E-state index is 5.86. The van der Waals surface area contributed by atoms with Gasteiger partial charge in [0.1, 0.15) is 0 Å². The summed E-state index contributed by atoms with van der Waals surface area (Å²) < 4.78 is 16.0. The molecular formula is C17H17N3O3S. The van der Waals surface area contributed by atoms with E-state index in [1.165, 1.54) is 17.3 Å². The molecule has 0 unspecified atom stereocenters. The average Bonchev–Trinajstić information content (AvgIpc) is 3.09. The van der Waals surface area contributed by atoms with Crippen LogP contribution in [0.15, 0.2) is 52.7 Å². The summed E-state index contributed by atoms with van der Waals surface area (Å²) in [6.45, 7) is 0.188. The average molecular weight is 343 g/mol. The number of ether oxygens (including phenoxy) is 3. The highest BCUT2D eigenvalue weighted by Gasteiger charge is 2.19. The van der Waals surface area contributed by atoms with Gasteiger partial charge in [-0.2, -0.15) is 5.10 Å². The minimum absolute atomic E-state index is 0.188. The first-order chi connectivity index (χ1) is 11.8. The molecule has 2 N–H and O–H groups in total. The summed E-state index contributed by atoms with van der Waals surface area (Å²) in [6, 6.07) is 13.7. The third-order valence-electron chi connectivity index (χ3n) is 3.27. The molecule has 6 nitrogen and oxygen atoms in total. The van der Waals surface area contributed by atoms with Gasteiger partial charge in [-0.3, -0.25) is 0 Å². The van der Waals surface area contributed by atoms with Crippen molar-refractivity contribution in [1.29, 1.82) is 0 Å². The molecule has 0 saturated carbocycles. The predicted molar refractivity (Wildman–Crippen MR) is 96.1 cm³/mol. The zero-order valence-corrected chi connectivity index (χ0v) is 14.0. The summed E-state index contributed by atoms with van der Waals surface area (Å²) in [5, 5.41) is 8.42. The van der Waals surface area contributed by atoms with E-state index in [1.54, 1.807) is 19.4 Å². The van der Waals surface area contributed by atoms with Crippen LogP contribution >= 0.6 is 11.8 Å². The Hall–Kier alpha value is -2.67. The molecule has 1 heterocycles. The summed E-state index contributed by atoms with van der Waals surface area (Å²) in [7, 11) is 1.58. The molecule has 7 heteroatoms. The van der Waals surface area contributed by atoms with Crippen LogP contribution in [0.1, 0.15) is 11.1 Å². The first-order valence-electron chi connectivity index (χ1n) is 7.27. The molecule has 0 radical (unpaired) electrons. The molecule has 2 aromatic carbocycles.